The van der Waals surface area contributed by atoms with Crippen LogP contribution < -0.4 is 0 Å². The normalized spacial score (nSPS) is 11.0. The first-order chi connectivity index (χ1) is 10.8. The molecule has 2 aromatic rings. The summed E-state index contributed by atoms with van der Waals surface area (Å²) in [7, 11) is 0. The molecule has 0 aliphatic rings. The zero-order valence-electron chi connectivity index (χ0n) is 12.0. The van der Waals surface area contributed by atoms with Crippen molar-refractivity contribution in [3.8, 4) is 0 Å². The third-order valence-electron chi connectivity index (χ3n) is 3.74. The first-order valence-electron chi connectivity index (χ1n) is 6.50. The third-order valence-corrected chi connectivity index (χ3v) is 3.74. The van der Waals surface area contributed by atoms with Gasteiger partial charge in [-0.15, -0.1) is 0 Å². The van der Waals surface area contributed by atoms with E-state index in [0.717, 1.165) is 0 Å². The van der Waals surface area contributed by atoms with Crippen molar-refractivity contribution in [3.63, 3.8) is 0 Å². The highest BCUT2D eigenvalue weighted by atomic mass is 16.6. The van der Waals surface area contributed by atoms with Gasteiger partial charge in [0, 0.05) is 24.3 Å². The number of nitro groups is 2. The number of non-ortho nitro benzene ring substituents is 2. The van der Waals surface area contributed by atoms with E-state index in [2.05, 4.69) is 0 Å². The first-order valence-corrected chi connectivity index (χ1v) is 6.50. The van der Waals surface area contributed by atoms with Crippen molar-refractivity contribution in [1.29, 1.82) is 0 Å². The van der Waals surface area contributed by atoms with Crippen LogP contribution in [0.15, 0.2) is 48.5 Å². The van der Waals surface area contributed by atoms with Gasteiger partial charge in [-0.2, -0.15) is 0 Å². The number of carboxylic acid groups (broad SMARTS) is 1. The molecule has 2 rings (SSSR count). The van der Waals surface area contributed by atoms with Crippen LogP contribution in [-0.2, 0) is 10.2 Å². The molecule has 1 N–H and O–H groups in total. The van der Waals surface area contributed by atoms with Crippen LogP contribution in [0.1, 0.15) is 18.1 Å². The average molecular weight is 316 g/mol. The van der Waals surface area contributed by atoms with Gasteiger partial charge in [0.1, 0.15) is 5.41 Å². The van der Waals surface area contributed by atoms with Gasteiger partial charge in [-0.1, -0.05) is 24.3 Å². The van der Waals surface area contributed by atoms with Crippen LogP contribution in [-0.4, -0.2) is 20.9 Å². The van der Waals surface area contributed by atoms with E-state index in [9.17, 15) is 30.1 Å². The number of nitrogens with zero attached hydrogens (tertiary/aromatic N) is 2. The molecule has 23 heavy (non-hydrogen) atoms. The Morgan fingerprint density at radius 2 is 1.17 bits per heavy atom. The second-order valence-corrected chi connectivity index (χ2v) is 5.04. The molecule has 0 aliphatic heterocycles. The number of rotatable bonds is 5. The fourth-order valence-electron chi connectivity index (χ4n) is 2.25. The molecule has 0 unspecified atom stereocenters. The third kappa shape index (κ3) is 2.86. The number of aliphatic carboxylic acids is 1. The van der Waals surface area contributed by atoms with Gasteiger partial charge in [-0.3, -0.25) is 25.0 Å². The van der Waals surface area contributed by atoms with E-state index >= 15 is 0 Å². The molecule has 8 nitrogen and oxygen atoms in total. The fourth-order valence-corrected chi connectivity index (χ4v) is 2.25. The average Bonchev–Trinajstić information content (AvgIpc) is 2.54. The highest BCUT2D eigenvalue weighted by Crippen LogP contribution is 2.34. The minimum Gasteiger partial charge on any atom is -0.480 e. The van der Waals surface area contributed by atoms with Gasteiger partial charge in [-0.25, -0.2) is 0 Å². The number of carboxylic acids is 1. The van der Waals surface area contributed by atoms with E-state index in [1.807, 2.05) is 0 Å². The SMILES string of the molecule is CC(C(=O)O)(c1ccc([N+](=O)[O-])cc1)c1ccc([N+](=O)[O-])cc1. The Bertz CT molecular complexity index is 710. The Kier molecular flexibility index (Phi) is 4.08. The van der Waals surface area contributed by atoms with Crippen LogP contribution in [0.25, 0.3) is 0 Å². The summed E-state index contributed by atoms with van der Waals surface area (Å²) in [5.41, 5.74) is -1.10. The summed E-state index contributed by atoms with van der Waals surface area (Å²) in [5, 5.41) is 31.0. The predicted octanol–water partition coefficient (Wildman–Crippen LogP) is 2.89. The molecular weight excluding hydrogens is 304 g/mol. The van der Waals surface area contributed by atoms with Crippen molar-refractivity contribution < 1.29 is 19.7 Å². The molecule has 0 aromatic heterocycles. The first kappa shape index (κ1) is 16.1. The number of carbonyl (C=O) groups is 1. The lowest BCUT2D eigenvalue weighted by atomic mass is 9.76. The lowest BCUT2D eigenvalue weighted by Crippen LogP contribution is -2.33. The number of benzene rings is 2. The summed E-state index contributed by atoms with van der Waals surface area (Å²) in [4.78, 5) is 32.0. The molecule has 2 aromatic carbocycles. The second kappa shape index (κ2) is 5.84. The molecule has 0 saturated carbocycles. The smallest absolute Gasteiger partial charge is 0.318 e. The molecule has 0 radical (unpaired) electrons. The maximum Gasteiger partial charge on any atom is 0.318 e. The summed E-state index contributed by atoms with van der Waals surface area (Å²) < 4.78 is 0. The van der Waals surface area contributed by atoms with Gasteiger partial charge in [0.15, 0.2) is 0 Å². The van der Waals surface area contributed by atoms with Gasteiger partial charge >= 0.3 is 5.97 Å². The standard InChI is InChI=1S/C15H12N2O6/c1-15(14(18)19,10-2-6-12(7-3-10)16(20)21)11-4-8-13(9-5-11)17(22)23/h2-9H,1H3,(H,18,19). The van der Waals surface area contributed by atoms with Crippen molar-refractivity contribution in [1.82, 2.24) is 0 Å². The van der Waals surface area contributed by atoms with E-state index in [4.69, 9.17) is 0 Å². The van der Waals surface area contributed by atoms with Crippen LogP contribution in [0, 0.1) is 20.2 Å². The van der Waals surface area contributed by atoms with Gasteiger partial charge < -0.3 is 5.11 Å². The van der Waals surface area contributed by atoms with Crippen LogP contribution in [0.4, 0.5) is 11.4 Å². The summed E-state index contributed by atoms with van der Waals surface area (Å²) >= 11 is 0. The largest absolute Gasteiger partial charge is 0.480 e. The molecular formula is C15H12N2O6. The van der Waals surface area contributed by atoms with Gasteiger partial charge in [0.2, 0.25) is 0 Å². The molecule has 0 amide bonds. The van der Waals surface area contributed by atoms with Gasteiger partial charge in [-0.05, 0) is 18.1 Å². The van der Waals surface area contributed by atoms with Crippen LogP contribution in [0.2, 0.25) is 0 Å². The molecule has 0 atom stereocenters. The monoisotopic (exact) mass is 316 g/mol. The highest BCUT2D eigenvalue weighted by molar-refractivity contribution is 5.85. The van der Waals surface area contributed by atoms with E-state index in [-0.39, 0.29) is 11.4 Å². The van der Waals surface area contributed by atoms with Crippen LogP contribution in [0.3, 0.4) is 0 Å². The molecule has 0 bridgehead atoms. The van der Waals surface area contributed by atoms with Gasteiger partial charge in [0.05, 0.1) is 9.85 Å². The lowest BCUT2D eigenvalue weighted by molar-refractivity contribution is -0.385. The molecule has 0 fully saturated rings. The fraction of sp³-hybridized carbons (Fsp3) is 0.133. The highest BCUT2D eigenvalue weighted by Gasteiger charge is 2.37. The van der Waals surface area contributed by atoms with Gasteiger partial charge in [0.25, 0.3) is 11.4 Å². The number of hydrogen-bond acceptors (Lipinski definition) is 5. The molecule has 8 heteroatoms. The Balaban J connectivity index is 2.52. The maximum absolute atomic E-state index is 11.8. The van der Waals surface area contributed by atoms with Crippen LogP contribution in [0.5, 0.6) is 0 Å². The van der Waals surface area contributed by atoms with Crippen molar-refractivity contribution in [3.05, 3.63) is 79.9 Å². The quantitative estimate of drug-likeness (QED) is 0.668. The summed E-state index contributed by atoms with van der Waals surface area (Å²) in [6.45, 7) is 1.44. The molecule has 0 heterocycles. The Hall–Kier alpha value is -3.29. The summed E-state index contributed by atoms with van der Waals surface area (Å²) in [6.07, 6.45) is 0. The van der Waals surface area contributed by atoms with E-state index in [1.54, 1.807) is 0 Å². The van der Waals surface area contributed by atoms with Crippen molar-refractivity contribution in [2.75, 3.05) is 0 Å². The minimum atomic E-state index is -1.48. The summed E-state index contributed by atoms with van der Waals surface area (Å²) in [6, 6.07) is 10.4. The lowest BCUT2D eigenvalue weighted by Gasteiger charge is -2.25. The topological polar surface area (TPSA) is 124 Å². The Morgan fingerprint density at radius 3 is 1.39 bits per heavy atom. The number of nitro benzene ring substituents is 2. The Morgan fingerprint density at radius 1 is 0.870 bits per heavy atom. The zero-order chi connectivity index (χ0) is 17.2. The summed E-state index contributed by atoms with van der Waals surface area (Å²) in [5.74, 6) is -1.17. The minimum absolute atomic E-state index is 0.148. The zero-order valence-corrected chi connectivity index (χ0v) is 12.0. The Labute approximate surface area is 130 Å². The number of hydrogen-bond donors (Lipinski definition) is 1. The molecule has 0 spiro atoms. The van der Waals surface area contributed by atoms with E-state index < -0.39 is 21.2 Å². The molecule has 118 valence electrons. The maximum atomic E-state index is 11.8. The molecule has 0 saturated heterocycles. The second-order valence-electron chi connectivity index (χ2n) is 5.04. The van der Waals surface area contributed by atoms with Crippen molar-refractivity contribution >= 4 is 17.3 Å². The van der Waals surface area contributed by atoms with E-state index in [0.29, 0.717) is 11.1 Å². The van der Waals surface area contributed by atoms with E-state index in [1.165, 1.54) is 55.5 Å². The van der Waals surface area contributed by atoms with Crippen molar-refractivity contribution in [2.45, 2.75) is 12.3 Å². The predicted molar refractivity (Wildman–Crippen MR) is 80.3 cm³/mol. The van der Waals surface area contributed by atoms with Crippen LogP contribution >= 0.6 is 0 Å². The molecule has 0 aliphatic carbocycles. The van der Waals surface area contributed by atoms with Crippen molar-refractivity contribution in [2.24, 2.45) is 0 Å².